The number of aliphatic hydroxyl groups excluding tert-OH is 1. The Hall–Kier alpha value is -0.650. The van der Waals surface area contributed by atoms with Crippen LogP contribution >= 0.6 is 0 Å². The highest BCUT2D eigenvalue weighted by Gasteiger charge is 2.35. The van der Waals surface area contributed by atoms with Crippen LogP contribution in [0.25, 0.3) is 0 Å². The van der Waals surface area contributed by atoms with E-state index < -0.39 is 11.9 Å². The van der Waals surface area contributed by atoms with E-state index in [-0.39, 0.29) is 18.0 Å². The van der Waals surface area contributed by atoms with Crippen LogP contribution in [-0.2, 0) is 19.0 Å². The summed E-state index contributed by atoms with van der Waals surface area (Å²) in [5, 5.41) is 10.9. The standard InChI is InChI=1S/C52H102O5/c1-6-7-8-9-10-11-12-13-14-15-16-17-20-23-26-29-32-35-38-41-44-48(51(54)55-5)49(53)45-42-39-36-33-30-27-24-21-18-19-22-25-28-31-34-37-40-43-47(2)50-46-56-52(3,4)57-50/h47-50,53H,6-46H2,1-5H3/t47-,48-,49-,50-/m1/s1. The van der Waals surface area contributed by atoms with Crippen LogP contribution in [0.5, 0.6) is 0 Å². The molecule has 0 aromatic heterocycles. The summed E-state index contributed by atoms with van der Waals surface area (Å²) in [6.07, 6.45) is 52.6. The molecule has 0 amide bonds. The van der Waals surface area contributed by atoms with Crippen molar-refractivity contribution in [2.24, 2.45) is 11.8 Å². The summed E-state index contributed by atoms with van der Waals surface area (Å²) in [6.45, 7) is 9.41. The number of carbonyl (C=O) groups excluding carboxylic acids is 1. The predicted octanol–water partition coefficient (Wildman–Crippen LogP) is 16.5. The maximum Gasteiger partial charge on any atom is 0.311 e. The molecular formula is C52H102O5. The molecule has 0 bridgehead atoms. The predicted molar refractivity (Wildman–Crippen MR) is 246 cm³/mol. The molecule has 57 heavy (non-hydrogen) atoms. The Bertz CT molecular complexity index is 844. The van der Waals surface area contributed by atoms with Gasteiger partial charge < -0.3 is 19.3 Å². The first-order valence-electron chi connectivity index (χ1n) is 25.9. The van der Waals surface area contributed by atoms with Gasteiger partial charge in [-0.25, -0.2) is 0 Å². The number of hydrogen-bond donors (Lipinski definition) is 1. The van der Waals surface area contributed by atoms with Gasteiger partial charge in [0.2, 0.25) is 0 Å². The average Bonchev–Trinajstić information content (AvgIpc) is 3.58. The van der Waals surface area contributed by atoms with Gasteiger partial charge >= 0.3 is 5.97 Å². The summed E-state index contributed by atoms with van der Waals surface area (Å²) in [5.41, 5.74) is 0. The molecule has 0 aromatic carbocycles. The maximum atomic E-state index is 12.5. The van der Waals surface area contributed by atoms with Gasteiger partial charge in [0, 0.05) is 0 Å². The van der Waals surface area contributed by atoms with Crippen molar-refractivity contribution < 1.29 is 24.1 Å². The quantitative estimate of drug-likeness (QED) is 0.0491. The lowest BCUT2D eigenvalue weighted by atomic mass is 9.91. The molecule has 0 saturated carbocycles. The van der Waals surface area contributed by atoms with Crippen LogP contribution in [-0.4, -0.2) is 42.8 Å². The van der Waals surface area contributed by atoms with Crippen LogP contribution < -0.4 is 0 Å². The molecule has 0 aliphatic carbocycles. The fourth-order valence-electron chi connectivity index (χ4n) is 9.09. The zero-order chi connectivity index (χ0) is 41.5. The Kier molecular flexibility index (Phi) is 37.7. The van der Waals surface area contributed by atoms with Crippen molar-refractivity contribution in [1.82, 2.24) is 0 Å². The van der Waals surface area contributed by atoms with Gasteiger partial charge in [-0.1, -0.05) is 251 Å². The Morgan fingerprint density at radius 1 is 0.526 bits per heavy atom. The number of esters is 1. The van der Waals surface area contributed by atoms with Crippen molar-refractivity contribution in [3.63, 3.8) is 0 Å². The number of carbonyl (C=O) groups is 1. The molecule has 1 aliphatic heterocycles. The van der Waals surface area contributed by atoms with E-state index in [1.54, 1.807) is 0 Å². The molecule has 1 N–H and O–H groups in total. The van der Waals surface area contributed by atoms with E-state index in [0.29, 0.717) is 5.92 Å². The number of rotatable bonds is 44. The molecule has 340 valence electrons. The fourth-order valence-corrected chi connectivity index (χ4v) is 9.09. The third-order valence-electron chi connectivity index (χ3n) is 13.2. The van der Waals surface area contributed by atoms with Crippen molar-refractivity contribution in [2.75, 3.05) is 13.7 Å². The minimum Gasteiger partial charge on any atom is -0.469 e. The topological polar surface area (TPSA) is 65.0 Å². The molecule has 1 rings (SSSR count). The third kappa shape index (κ3) is 33.7. The summed E-state index contributed by atoms with van der Waals surface area (Å²) in [4.78, 5) is 12.5. The number of aliphatic hydroxyl groups is 1. The lowest BCUT2D eigenvalue weighted by molar-refractivity contribution is -0.150. The van der Waals surface area contributed by atoms with Gasteiger partial charge in [0.1, 0.15) is 0 Å². The van der Waals surface area contributed by atoms with Gasteiger partial charge in [0.05, 0.1) is 31.8 Å². The van der Waals surface area contributed by atoms with Gasteiger partial charge in [-0.15, -0.1) is 0 Å². The molecule has 0 spiro atoms. The number of methoxy groups -OCH3 is 1. The first-order chi connectivity index (χ1) is 27.8. The highest BCUT2D eigenvalue weighted by Crippen LogP contribution is 2.29. The minimum absolute atomic E-state index is 0.219. The summed E-state index contributed by atoms with van der Waals surface area (Å²) in [7, 11) is 1.47. The minimum atomic E-state index is -0.557. The molecule has 1 heterocycles. The van der Waals surface area contributed by atoms with Crippen LogP contribution in [0.15, 0.2) is 0 Å². The van der Waals surface area contributed by atoms with E-state index >= 15 is 0 Å². The van der Waals surface area contributed by atoms with Crippen LogP contribution in [0.3, 0.4) is 0 Å². The smallest absolute Gasteiger partial charge is 0.311 e. The van der Waals surface area contributed by atoms with Crippen molar-refractivity contribution in [2.45, 2.75) is 303 Å². The highest BCUT2D eigenvalue weighted by atomic mass is 16.7. The van der Waals surface area contributed by atoms with Crippen molar-refractivity contribution in [3.8, 4) is 0 Å². The van der Waals surface area contributed by atoms with Crippen molar-refractivity contribution in [1.29, 1.82) is 0 Å². The molecule has 5 heteroatoms. The molecule has 5 nitrogen and oxygen atoms in total. The van der Waals surface area contributed by atoms with Gasteiger partial charge in [0.15, 0.2) is 5.79 Å². The molecule has 4 atom stereocenters. The van der Waals surface area contributed by atoms with Gasteiger partial charge in [-0.2, -0.15) is 0 Å². The monoisotopic (exact) mass is 807 g/mol. The first-order valence-corrected chi connectivity index (χ1v) is 25.9. The van der Waals surface area contributed by atoms with Gasteiger partial charge in [0.25, 0.3) is 0 Å². The highest BCUT2D eigenvalue weighted by molar-refractivity contribution is 5.72. The Morgan fingerprint density at radius 3 is 1.12 bits per heavy atom. The van der Waals surface area contributed by atoms with E-state index in [4.69, 9.17) is 14.2 Å². The van der Waals surface area contributed by atoms with Gasteiger partial charge in [-0.3, -0.25) is 4.79 Å². The normalized spacial score (nSPS) is 16.9. The maximum absolute atomic E-state index is 12.5. The number of hydrogen-bond acceptors (Lipinski definition) is 5. The van der Waals surface area contributed by atoms with Crippen LogP contribution in [0.1, 0.15) is 285 Å². The summed E-state index contributed by atoms with van der Waals surface area (Å²) >= 11 is 0. The molecule has 0 aromatic rings. The van der Waals surface area contributed by atoms with E-state index in [0.717, 1.165) is 45.1 Å². The molecular weight excluding hydrogens is 705 g/mol. The Morgan fingerprint density at radius 2 is 0.825 bits per heavy atom. The van der Waals surface area contributed by atoms with Crippen LogP contribution in [0.2, 0.25) is 0 Å². The second kappa shape index (κ2) is 39.5. The lowest BCUT2D eigenvalue weighted by Gasteiger charge is -2.21. The van der Waals surface area contributed by atoms with Crippen molar-refractivity contribution >= 4 is 5.97 Å². The van der Waals surface area contributed by atoms with Crippen molar-refractivity contribution in [3.05, 3.63) is 0 Å². The first kappa shape index (κ1) is 54.4. The van der Waals surface area contributed by atoms with Crippen LogP contribution in [0.4, 0.5) is 0 Å². The van der Waals surface area contributed by atoms with E-state index in [1.807, 2.05) is 13.8 Å². The summed E-state index contributed by atoms with van der Waals surface area (Å²) in [5.74, 6) is -0.367. The number of ether oxygens (including phenoxy) is 3. The van der Waals surface area contributed by atoms with E-state index in [2.05, 4.69) is 13.8 Å². The molecule has 1 aliphatic rings. The third-order valence-corrected chi connectivity index (χ3v) is 13.2. The Labute approximate surface area is 357 Å². The second-order valence-electron chi connectivity index (χ2n) is 19.1. The summed E-state index contributed by atoms with van der Waals surface area (Å²) in [6, 6.07) is 0. The SMILES string of the molecule is CCCCCCCCCCCCCCCCCCCCCC[C@@H](C(=O)OC)[C@H](O)CCCCCCCCCCCCCCCCCCC[C@@H](C)[C@H]1COC(C)(C)O1. The molecule has 0 unspecified atom stereocenters. The number of unbranched alkanes of at least 4 members (excludes halogenated alkanes) is 35. The van der Waals surface area contributed by atoms with Crippen LogP contribution in [0, 0.1) is 11.8 Å². The Balaban J connectivity index is 1.84. The molecule has 0 radical (unpaired) electrons. The summed E-state index contributed by atoms with van der Waals surface area (Å²) < 4.78 is 16.8. The fraction of sp³-hybridized carbons (Fsp3) is 0.981. The largest absolute Gasteiger partial charge is 0.469 e. The van der Waals surface area contributed by atoms with E-state index in [1.165, 1.54) is 225 Å². The zero-order valence-electron chi connectivity index (χ0n) is 39.4. The zero-order valence-corrected chi connectivity index (χ0v) is 39.4. The second-order valence-corrected chi connectivity index (χ2v) is 19.1. The average molecular weight is 807 g/mol. The molecule has 1 saturated heterocycles. The lowest BCUT2D eigenvalue weighted by Crippen LogP contribution is -2.29. The molecule has 1 fully saturated rings. The van der Waals surface area contributed by atoms with Gasteiger partial charge in [-0.05, 0) is 39.0 Å². The van der Waals surface area contributed by atoms with E-state index in [9.17, 15) is 9.90 Å².